The summed E-state index contributed by atoms with van der Waals surface area (Å²) < 4.78 is 11.2. The molecule has 184 valence electrons. The van der Waals surface area contributed by atoms with Crippen LogP contribution in [0.25, 0.3) is 21.9 Å². The summed E-state index contributed by atoms with van der Waals surface area (Å²) in [5, 5.41) is 14.1. The fraction of sp³-hybridized carbons (Fsp3) is 0.222. The lowest BCUT2D eigenvalue weighted by molar-refractivity contribution is -0.138. The van der Waals surface area contributed by atoms with Gasteiger partial charge in [0.2, 0.25) is 5.89 Å². The highest BCUT2D eigenvalue weighted by Gasteiger charge is 2.29. The van der Waals surface area contributed by atoms with Crippen LogP contribution in [0.4, 0.5) is 4.79 Å². The van der Waals surface area contributed by atoms with E-state index < -0.39 is 18.1 Å². The van der Waals surface area contributed by atoms with Crippen molar-refractivity contribution in [3.05, 3.63) is 88.6 Å². The number of hydrogen-bond donors (Lipinski definition) is 2. The van der Waals surface area contributed by atoms with E-state index in [-0.39, 0.29) is 18.3 Å². The van der Waals surface area contributed by atoms with Gasteiger partial charge in [0.1, 0.15) is 18.4 Å². The summed E-state index contributed by atoms with van der Waals surface area (Å²) in [7, 11) is 0. The number of carbonyl (C=O) groups is 2. The fourth-order valence-corrected chi connectivity index (χ4v) is 5.99. The number of nitrogens with one attached hydrogen (secondary N) is 1. The predicted octanol–water partition coefficient (Wildman–Crippen LogP) is 5.94. The fourth-order valence-electron chi connectivity index (χ4n) is 4.30. The van der Waals surface area contributed by atoms with Crippen molar-refractivity contribution in [2.45, 2.75) is 24.6 Å². The van der Waals surface area contributed by atoms with E-state index in [9.17, 15) is 14.7 Å². The van der Waals surface area contributed by atoms with E-state index in [1.54, 1.807) is 11.3 Å². The van der Waals surface area contributed by atoms with E-state index in [0.717, 1.165) is 32.8 Å². The van der Waals surface area contributed by atoms with Crippen molar-refractivity contribution in [2.75, 3.05) is 12.4 Å². The minimum absolute atomic E-state index is 0.0894. The topological polar surface area (TPSA) is 102 Å². The van der Waals surface area contributed by atoms with Gasteiger partial charge >= 0.3 is 12.1 Å². The number of rotatable bonds is 9. The average molecular weight is 521 g/mol. The molecule has 5 rings (SSSR count). The summed E-state index contributed by atoms with van der Waals surface area (Å²) in [5.41, 5.74) is 5.22. The van der Waals surface area contributed by atoms with Crippen molar-refractivity contribution < 1.29 is 23.8 Å². The van der Waals surface area contributed by atoms with Crippen LogP contribution < -0.4 is 5.32 Å². The summed E-state index contributed by atoms with van der Waals surface area (Å²) >= 11 is 2.91. The first-order valence-electron chi connectivity index (χ1n) is 11.4. The van der Waals surface area contributed by atoms with E-state index >= 15 is 0 Å². The lowest BCUT2D eigenvalue weighted by Gasteiger charge is -2.17. The molecule has 7 nitrogen and oxygen atoms in total. The number of thiophene rings is 1. The molecule has 2 aromatic carbocycles. The van der Waals surface area contributed by atoms with Crippen molar-refractivity contribution in [3.8, 4) is 21.9 Å². The van der Waals surface area contributed by atoms with Gasteiger partial charge in [0.15, 0.2) is 0 Å². The second-order valence-corrected chi connectivity index (χ2v) is 10.4. The van der Waals surface area contributed by atoms with E-state index in [0.29, 0.717) is 17.4 Å². The highest BCUT2D eigenvalue weighted by molar-refractivity contribution is 7.98. The van der Waals surface area contributed by atoms with Gasteiger partial charge in [-0.25, -0.2) is 14.6 Å². The van der Waals surface area contributed by atoms with Gasteiger partial charge in [-0.2, -0.15) is 11.8 Å². The van der Waals surface area contributed by atoms with Crippen LogP contribution in [0.2, 0.25) is 0 Å². The maximum Gasteiger partial charge on any atom is 0.407 e. The van der Waals surface area contributed by atoms with Crippen molar-refractivity contribution in [2.24, 2.45) is 0 Å². The number of fused-ring (bicyclic) bond motifs is 3. The van der Waals surface area contributed by atoms with Crippen LogP contribution in [0.3, 0.4) is 0 Å². The molecule has 1 amide bonds. The van der Waals surface area contributed by atoms with Crippen LogP contribution in [0, 0.1) is 6.92 Å². The molecular weight excluding hydrogens is 496 g/mol. The molecule has 0 saturated heterocycles. The maximum absolute atomic E-state index is 12.5. The van der Waals surface area contributed by atoms with Gasteiger partial charge in [0, 0.05) is 17.4 Å². The zero-order valence-corrected chi connectivity index (χ0v) is 21.1. The molecule has 36 heavy (non-hydrogen) atoms. The summed E-state index contributed by atoms with van der Waals surface area (Å²) in [4.78, 5) is 29.8. The number of alkyl carbamates (subject to hydrolysis) is 1. The SMILES string of the molecule is Cc1oc(-c2cccs2)nc1CSCC(NC(=O)OCC1c2ccccc2-c2ccccc21)C(=O)O. The number of benzene rings is 2. The number of oxazole rings is 1. The Morgan fingerprint density at radius 2 is 1.81 bits per heavy atom. The molecule has 9 heteroatoms. The third kappa shape index (κ3) is 5.03. The second kappa shape index (κ2) is 10.6. The van der Waals surface area contributed by atoms with Gasteiger partial charge in [0.05, 0.1) is 10.6 Å². The highest BCUT2D eigenvalue weighted by atomic mass is 32.2. The van der Waals surface area contributed by atoms with Crippen LogP contribution in [-0.4, -0.2) is 40.6 Å². The zero-order valence-electron chi connectivity index (χ0n) is 19.5. The lowest BCUT2D eigenvalue weighted by atomic mass is 9.98. The zero-order chi connectivity index (χ0) is 25.1. The molecule has 2 aromatic heterocycles. The standard InChI is InChI=1S/C27H24N2O5S2/c1-16-22(28-25(34-16)24-11-6-12-36-24)14-35-15-23(26(30)31)29-27(32)33-13-21-19-9-4-2-7-17(19)18-8-3-5-10-20(18)21/h2-12,21,23H,13-15H2,1H3,(H,29,32)(H,30,31). The number of carboxylic acid groups (broad SMARTS) is 1. The van der Waals surface area contributed by atoms with E-state index in [1.165, 1.54) is 11.8 Å². The van der Waals surface area contributed by atoms with Crippen molar-refractivity contribution in [3.63, 3.8) is 0 Å². The molecule has 4 aromatic rings. The molecule has 2 N–H and O–H groups in total. The van der Waals surface area contributed by atoms with E-state index in [1.807, 2.05) is 60.8 Å². The van der Waals surface area contributed by atoms with Gasteiger partial charge in [-0.1, -0.05) is 54.6 Å². The van der Waals surface area contributed by atoms with Gasteiger partial charge < -0.3 is 19.6 Å². The van der Waals surface area contributed by atoms with Crippen molar-refractivity contribution in [1.29, 1.82) is 0 Å². The first-order chi connectivity index (χ1) is 17.5. The summed E-state index contributed by atoms with van der Waals surface area (Å²) in [6.07, 6.45) is -0.748. The molecule has 1 unspecified atom stereocenters. The number of aryl methyl sites for hydroxylation is 1. The van der Waals surface area contributed by atoms with Crippen molar-refractivity contribution in [1.82, 2.24) is 10.3 Å². The number of amides is 1. The number of carbonyl (C=O) groups excluding carboxylic acids is 1. The molecule has 1 atom stereocenters. The number of aliphatic carboxylic acids is 1. The molecule has 0 radical (unpaired) electrons. The second-order valence-electron chi connectivity index (χ2n) is 8.38. The molecule has 0 bridgehead atoms. The molecular formula is C27H24N2O5S2. The monoisotopic (exact) mass is 520 g/mol. The summed E-state index contributed by atoms with van der Waals surface area (Å²) in [5.74, 6) is 0.685. The Morgan fingerprint density at radius 1 is 1.11 bits per heavy atom. The van der Waals surface area contributed by atoms with Gasteiger partial charge in [-0.3, -0.25) is 0 Å². The first kappa shape index (κ1) is 24.1. The highest BCUT2D eigenvalue weighted by Crippen LogP contribution is 2.44. The Balaban J connectivity index is 1.16. The third-order valence-electron chi connectivity index (χ3n) is 6.08. The first-order valence-corrected chi connectivity index (χ1v) is 13.5. The Kier molecular flexibility index (Phi) is 7.11. The minimum Gasteiger partial charge on any atom is -0.480 e. The molecule has 0 fully saturated rings. The Bertz CT molecular complexity index is 1340. The van der Waals surface area contributed by atoms with Crippen LogP contribution in [0.1, 0.15) is 28.5 Å². The minimum atomic E-state index is -1.12. The molecule has 0 saturated carbocycles. The van der Waals surface area contributed by atoms with Crippen molar-refractivity contribution >= 4 is 35.2 Å². The Hall–Kier alpha value is -3.56. The number of nitrogens with zero attached hydrogens (tertiary/aromatic N) is 1. The molecule has 0 spiro atoms. The smallest absolute Gasteiger partial charge is 0.407 e. The molecule has 1 aliphatic rings. The van der Waals surface area contributed by atoms with Crippen LogP contribution >= 0.6 is 23.1 Å². The van der Waals surface area contributed by atoms with E-state index in [2.05, 4.69) is 22.4 Å². The number of aromatic nitrogens is 1. The van der Waals surface area contributed by atoms with Gasteiger partial charge in [0.25, 0.3) is 0 Å². The molecule has 2 heterocycles. The van der Waals surface area contributed by atoms with Gasteiger partial charge in [-0.15, -0.1) is 11.3 Å². The van der Waals surface area contributed by atoms with Gasteiger partial charge in [-0.05, 0) is 40.6 Å². The predicted molar refractivity (Wildman–Crippen MR) is 140 cm³/mol. The number of thioether (sulfide) groups is 1. The molecule has 0 aliphatic heterocycles. The maximum atomic E-state index is 12.5. The quantitative estimate of drug-likeness (QED) is 0.282. The number of ether oxygens (including phenoxy) is 1. The number of carboxylic acids is 1. The molecule has 1 aliphatic carbocycles. The van der Waals surface area contributed by atoms with Crippen LogP contribution in [-0.2, 0) is 15.3 Å². The largest absolute Gasteiger partial charge is 0.480 e. The number of hydrogen-bond acceptors (Lipinski definition) is 7. The Labute approximate surface area is 216 Å². The summed E-state index contributed by atoms with van der Waals surface area (Å²) in [6, 6.07) is 18.9. The lowest BCUT2D eigenvalue weighted by Crippen LogP contribution is -2.43. The third-order valence-corrected chi connectivity index (χ3v) is 7.99. The van der Waals surface area contributed by atoms with Crippen LogP contribution in [0.5, 0.6) is 0 Å². The Morgan fingerprint density at radius 3 is 2.44 bits per heavy atom. The average Bonchev–Trinajstić information content (AvgIpc) is 3.60. The van der Waals surface area contributed by atoms with E-state index in [4.69, 9.17) is 9.15 Å². The summed E-state index contributed by atoms with van der Waals surface area (Å²) in [6.45, 7) is 1.96. The normalized spacial score (nSPS) is 13.1. The van der Waals surface area contributed by atoms with Crippen LogP contribution in [0.15, 0.2) is 70.5 Å².